The Kier molecular flexibility index (Phi) is 4.38. The van der Waals surface area contributed by atoms with Crippen LogP contribution in [0.1, 0.15) is 23.5 Å². The first-order chi connectivity index (χ1) is 15.3. The lowest BCUT2D eigenvalue weighted by atomic mass is 10.2. The van der Waals surface area contributed by atoms with Gasteiger partial charge in [-0.2, -0.15) is 0 Å². The largest absolute Gasteiger partial charge is 0.459 e. The number of imidazole rings is 1. The number of benzene rings is 1. The molecule has 1 aliphatic carbocycles. The molecule has 10 nitrogen and oxygen atoms in total. The van der Waals surface area contributed by atoms with Crippen LogP contribution in [0.15, 0.2) is 43.0 Å². The molecule has 1 saturated heterocycles. The molecule has 3 aromatic rings. The summed E-state index contributed by atoms with van der Waals surface area (Å²) in [5.74, 6) is -6.35. The molecule has 166 valence electrons. The maximum Gasteiger partial charge on any atom is 0.338 e. The topological polar surface area (TPSA) is 131 Å². The van der Waals surface area contributed by atoms with E-state index in [0.29, 0.717) is 0 Å². The van der Waals surface area contributed by atoms with Crippen LogP contribution in [-0.4, -0.2) is 55.7 Å². The van der Waals surface area contributed by atoms with E-state index in [4.69, 9.17) is 19.9 Å². The van der Waals surface area contributed by atoms with Gasteiger partial charge in [-0.15, -0.1) is 0 Å². The molecule has 0 amide bonds. The lowest BCUT2D eigenvalue weighted by molar-refractivity contribution is -0.178. The molecule has 12 heteroatoms. The zero-order chi connectivity index (χ0) is 22.7. The number of carbonyl (C=O) groups excluding carboxylic acids is 2. The number of nitrogens with zero attached hydrogens (tertiary/aromatic N) is 4. The van der Waals surface area contributed by atoms with Crippen LogP contribution in [0.2, 0.25) is 0 Å². The number of nitrogen functional groups attached to an aromatic ring is 1. The van der Waals surface area contributed by atoms with Crippen molar-refractivity contribution in [1.29, 1.82) is 0 Å². The molecule has 2 N–H and O–H groups in total. The fraction of sp³-hybridized carbons (Fsp3) is 0.350. The molecule has 1 aromatic carbocycles. The molecule has 1 aliphatic heterocycles. The minimum atomic E-state index is -3.38. The van der Waals surface area contributed by atoms with E-state index in [1.165, 1.54) is 29.4 Å². The van der Waals surface area contributed by atoms with Crippen molar-refractivity contribution >= 4 is 28.9 Å². The summed E-state index contributed by atoms with van der Waals surface area (Å²) in [6.45, 7) is 0.385. The molecule has 0 unspecified atom stereocenters. The number of esters is 2. The molecule has 0 radical (unpaired) electrons. The first kappa shape index (κ1) is 20.2. The Hall–Kier alpha value is -3.67. The van der Waals surface area contributed by atoms with Crippen molar-refractivity contribution in [2.75, 3.05) is 12.3 Å². The van der Waals surface area contributed by atoms with Crippen molar-refractivity contribution in [3.8, 4) is 0 Å². The van der Waals surface area contributed by atoms with Gasteiger partial charge in [-0.1, -0.05) is 18.2 Å². The van der Waals surface area contributed by atoms with Gasteiger partial charge in [0.2, 0.25) is 0 Å². The summed E-state index contributed by atoms with van der Waals surface area (Å²) in [6.07, 6.45) is -0.0632. The Morgan fingerprint density at radius 1 is 1.22 bits per heavy atom. The van der Waals surface area contributed by atoms with Crippen molar-refractivity contribution < 1.29 is 32.6 Å². The van der Waals surface area contributed by atoms with Crippen LogP contribution in [-0.2, 0) is 19.0 Å². The summed E-state index contributed by atoms with van der Waals surface area (Å²) < 4.78 is 47.2. The van der Waals surface area contributed by atoms with Gasteiger partial charge in [0.25, 0.3) is 5.92 Å². The third kappa shape index (κ3) is 2.83. The third-order valence-corrected chi connectivity index (χ3v) is 5.70. The van der Waals surface area contributed by atoms with Crippen LogP contribution in [0.4, 0.5) is 14.6 Å². The molecule has 2 aliphatic rings. The first-order valence-electron chi connectivity index (χ1n) is 9.64. The molecule has 4 atom stereocenters. The fourth-order valence-corrected chi connectivity index (χ4v) is 4.17. The number of anilines is 1. The first-order valence-corrected chi connectivity index (χ1v) is 9.64. The molecule has 5 rings (SSSR count). The van der Waals surface area contributed by atoms with Gasteiger partial charge in [0.05, 0.1) is 11.9 Å². The van der Waals surface area contributed by atoms with E-state index in [1.54, 1.807) is 18.2 Å². The standard InChI is InChI=1S/C20H17F2N5O5/c1-10(28)31-13-14-19(20(14,21)22,7-30-18(29)11-5-3-2-4-6-11)32-17(13)27-9-26-12-15(23)24-8-25-16(12)27/h2-6,8-9,13-14,17H,7H2,1H3,(H2,23,24,25)/t13-,14-,17-,19+/m0/s1. The monoisotopic (exact) mass is 445 g/mol. The number of alkyl halides is 2. The number of halogens is 2. The molecule has 2 fully saturated rings. The van der Waals surface area contributed by atoms with Gasteiger partial charge in [0.15, 0.2) is 29.4 Å². The van der Waals surface area contributed by atoms with Crippen LogP contribution < -0.4 is 5.73 Å². The Morgan fingerprint density at radius 2 is 1.97 bits per heavy atom. The highest BCUT2D eigenvalue weighted by Gasteiger charge is 2.91. The van der Waals surface area contributed by atoms with E-state index in [-0.39, 0.29) is 22.5 Å². The highest BCUT2D eigenvalue weighted by molar-refractivity contribution is 5.89. The van der Waals surface area contributed by atoms with E-state index in [9.17, 15) is 18.4 Å². The summed E-state index contributed by atoms with van der Waals surface area (Å²) in [5.41, 5.74) is 4.32. The van der Waals surface area contributed by atoms with Crippen molar-refractivity contribution in [1.82, 2.24) is 19.5 Å². The number of fused-ring (bicyclic) bond motifs is 2. The Bertz CT molecular complexity index is 1220. The molecule has 1 saturated carbocycles. The van der Waals surface area contributed by atoms with Crippen LogP contribution >= 0.6 is 0 Å². The summed E-state index contributed by atoms with van der Waals surface area (Å²) >= 11 is 0. The van der Waals surface area contributed by atoms with Crippen LogP contribution in [0.25, 0.3) is 11.2 Å². The number of ether oxygens (including phenoxy) is 3. The molecule has 0 bridgehead atoms. The van der Waals surface area contributed by atoms with E-state index < -0.39 is 48.3 Å². The number of nitrogens with two attached hydrogens (primary N) is 1. The second kappa shape index (κ2) is 6.92. The normalized spacial score (nSPS) is 27.7. The number of hydrogen-bond acceptors (Lipinski definition) is 9. The van der Waals surface area contributed by atoms with Gasteiger partial charge in [0, 0.05) is 6.92 Å². The van der Waals surface area contributed by atoms with Gasteiger partial charge in [-0.3, -0.25) is 9.36 Å². The zero-order valence-electron chi connectivity index (χ0n) is 16.6. The van der Waals surface area contributed by atoms with Gasteiger partial charge >= 0.3 is 11.9 Å². The Balaban J connectivity index is 1.46. The van der Waals surface area contributed by atoms with Crippen molar-refractivity contribution in [2.45, 2.75) is 30.8 Å². The number of rotatable bonds is 5. The number of aromatic nitrogens is 4. The quantitative estimate of drug-likeness (QED) is 0.583. The second-order valence-corrected chi connectivity index (χ2v) is 7.60. The smallest absolute Gasteiger partial charge is 0.338 e. The molecular weight excluding hydrogens is 428 g/mol. The summed E-state index contributed by atoms with van der Waals surface area (Å²) in [5, 5.41) is 0. The SMILES string of the molecule is CC(=O)O[C@H]1[C@@H]2C(F)(F)[C@]2(COC(=O)c2ccccc2)O[C@@H]1n1cnc2c(N)ncnc21. The maximum absolute atomic E-state index is 14.9. The summed E-state index contributed by atoms with van der Waals surface area (Å²) in [6, 6.07) is 7.97. The lowest BCUT2D eigenvalue weighted by Gasteiger charge is -2.26. The van der Waals surface area contributed by atoms with Gasteiger partial charge in [-0.25, -0.2) is 28.5 Å². The fourth-order valence-electron chi connectivity index (χ4n) is 4.17. The van der Waals surface area contributed by atoms with E-state index >= 15 is 0 Å². The zero-order valence-corrected chi connectivity index (χ0v) is 16.6. The summed E-state index contributed by atoms with van der Waals surface area (Å²) in [4.78, 5) is 36.0. The molecule has 32 heavy (non-hydrogen) atoms. The predicted octanol–water partition coefficient (Wildman–Crippen LogP) is 1.73. The third-order valence-electron chi connectivity index (χ3n) is 5.70. The molecule has 3 heterocycles. The van der Waals surface area contributed by atoms with E-state index in [1.807, 2.05) is 0 Å². The second-order valence-electron chi connectivity index (χ2n) is 7.60. The van der Waals surface area contributed by atoms with Gasteiger partial charge < -0.3 is 19.9 Å². The molecular formula is C20H17F2N5O5. The van der Waals surface area contributed by atoms with Gasteiger partial charge in [-0.05, 0) is 12.1 Å². The van der Waals surface area contributed by atoms with Crippen LogP contribution in [0, 0.1) is 5.92 Å². The maximum atomic E-state index is 14.9. The van der Waals surface area contributed by atoms with E-state index in [0.717, 1.165) is 6.92 Å². The van der Waals surface area contributed by atoms with Crippen molar-refractivity contribution in [2.24, 2.45) is 5.92 Å². The minimum absolute atomic E-state index is 0.0952. The minimum Gasteiger partial charge on any atom is -0.459 e. The highest BCUT2D eigenvalue weighted by Crippen LogP contribution is 2.70. The van der Waals surface area contributed by atoms with E-state index in [2.05, 4.69) is 15.0 Å². The summed E-state index contributed by atoms with van der Waals surface area (Å²) in [7, 11) is 0. The van der Waals surface area contributed by atoms with Crippen LogP contribution in [0.5, 0.6) is 0 Å². The Morgan fingerprint density at radius 3 is 2.69 bits per heavy atom. The number of carbonyl (C=O) groups is 2. The number of hydrogen-bond donors (Lipinski definition) is 1. The lowest BCUT2D eigenvalue weighted by Crippen LogP contribution is -2.35. The average Bonchev–Trinajstić information content (AvgIpc) is 3.10. The highest BCUT2D eigenvalue weighted by atomic mass is 19.3. The molecule has 2 aromatic heterocycles. The Labute approximate surface area is 179 Å². The average molecular weight is 445 g/mol. The van der Waals surface area contributed by atoms with Crippen molar-refractivity contribution in [3.63, 3.8) is 0 Å². The predicted molar refractivity (Wildman–Crippen MR) is 103 cm³/mol. The molecule has 0 spiro atoms. The van der Waals surface area contributed by atoms with Gasteiger partial charge in [0.1, 0.15) is 24.4 Å². The van der Waals surface area contributed by atoms with Crippen LogP contribution in [0.3, 0.4) is 0 Å². The van der Waals surface area contributed by atoms with Crippen molar-refractivity contribution in [3.05, 3.63) is 48.5 Å².